The quantitative estimate of drug-likeness (QED) is 0.606. The maximum absolute atomic E-state index is 13.3. The van der Waals surface area contributed by atoms with E-state index in [1.807, 2.05) is 11.0 Å². The lowest BCUT2D eigenvalue weighted by molar-refractivity contribution is -0.138. The molecule has 29 heavy (non-hydrogen) atoms. The lowest BCUT2D eigenvalue weighted by Gasteiger charge is -2.31. The molecule has 0 saturated carbocycles. The fourth-order valence-electron chi connectivity index (χ4n) is 3.37. The van der Waals surface area contributed by atoms with Gasteiger partial charge in [-0.05, 0) is 61.3 Å². The van der Waals surface area contributed by atoms with Crippen LogP contribution in [0.5, 0.6) is 0 Å². The average molecular weight is 486 g/mol. The van der Waals surface area contributed by atoms with E-state index in [1.54, 1.807) is 6.07 Å². The highest BCUT2D eigenvalue weighted by Crippen LogP contribution is 2.35. The molecule has 0 bridgehead atoms. The molecule has 1 amide bonds. The Morgan fingerprint density at radius 2 is 2.10 bits per heavy atom. The van der Waals surface area contributed by atoms with Crippen molar-refractivity contribution in [3.63, 3.8) is 0 Å². The minimum atomic E-state index is -4.38. The summed E-state index contributed by atoms with van der Waals surface area (Å²) in [5.74, 6) is 3.16. The zero-order chi connectivity index (χ0) is 21.0. The van der Waals surface area contributed by atoms with Gasteiger partial charge in [0.15, 0.2) is 0 Å². The number of alkyl halides is 3. The van der Waals surface area contributed by atoms with Gasteiger partial charge in [-0.1, -0.05) is 34.0 Å². The molecule has 2 fully saturated rings. The number of nitrogens with one attached hydrogen (secondary N) is 1. The average Bonchev–Trinajstić information content (AvgIpc) is 3.01. The van der Waals surface area contributed by atoms with Crippen molar-refractivity contribution in [1.29, 1.82) is 0 Å². The number of piperidine rings is 1. The molecule has 0 unspecified atom stereocenters. The van der Waals surface area contributed by atoms with Gasteiger partial charge in [-0.2, -0.15) is 13.2 Å². The predicted molar refractivity (Wildman–Crippen MR) is 112 cm³/mol. The number of allylic oxidation sites excluding steroid dienone is 1. The van der Waals surface area contributed by atoms with Crippen molar-refractivity contribution >= 4 is 38.8 Å². The van der Waals surface area contributed by atoms with E-state index in [9.17, 15) is 18.0 Å². The number of aliphatic imine (C=N–C) groups is 1. The summed E-state index contributed by atoms with van der Waals surface area (Å²) >= 11 is 4.21. The van der Waals surface area contributed by atoms with Crippen LogP contribution < -0.4 is 5.32 Å². The van der Waals surface area contributed by atoms with Gasteiger partial charge in [0, 0.05) is 11.0 Å². The first-order valence-electron chi connectivity index (χ1n) is 9.03. The SMILES string of the molecule is C#CCN=C1NC(=O)S/C1=C\C1CCN(Cc2ccc(Br)cc2C(F)(F)F)CC1. The second kappa shape index (κ2) is 9.37. The standard InChI is InChI=1S/C20H19BrF3N3OS/c1-2-7-25-18-17(29-19(28)26-18)10-13-5-8-27(9-6-13)12-14-3-4-15(21)11-16(14)20(22,23)24/h1,3-4,10-11,13H,5-9,12H2,(H,25,26,28)/b17-10-. The third-order valence-electron chi connectivity index (χ3n) is 4.78. The first kappa shape index (κ1) is 21.9. The van der Waals surface area contributed by atoms with E-state index in [2.05, 4.69) is 32.2 Å². The molecular formula is C20H19BrF3N3OS. The van der Waals surface area contributed by atoms with Crippen molar-refractivity contribution < 1.29 is 18.0 Å². The number of hydrogen-bond donors (Lipinski definition) is 1. The van der Waals surface area contributed by atoms with Gasteiger partial charge < -0.3 is 5.32 Å². The normalized spacial score (nSPS) is 21.6. The van der Waals surface area contributed by atoms with Crippen LogP contribution in [0.2, 0.25) is 0 Å². The minimum absolute atomic E-state index is 0.181. The van der Waals surface area contributed by atoms with Crippen LogP contribution in [0.1, 0.15) is 24.0 Å². The van der Waals surface area contributed by atoms with Gasteiger partial charge in [-0.3, -0.25) is 14.7 Å². The molecule has 0 spiro atoms. The Hall–Kier alpha value is -1.76. The minimum Gasteiger partial charge on any atom is -0.300 e. The summed E-state index contributed by atoms with van der Waals surface area (Å²) in [6.45, 7) is 1.82. The maximum atomic E-state index is 13.3. The van der Waals surface area contributed by atoms with Crippen molar-refractivity contribution in [2.24, 2.45) is 10.9 Å². The van der Waals surface area contributed by atoms with E-state index in [4.69, 9.17) is 6.42 Å². The summed E-state index contributed by atoms with van der Waals surface area (Å²) in [4.78, 5) is 18.6. The number of carbonyl (C=O) groups excluding carboxylic acids is 1. The largest absolute Gasteiger partial charge is 0.416 e. The second-order valence-corrected chi connectivity index (χ2v) is 8.76. The number of rotatable bonds is 4. The van der Waals surface area contributed by atoms with Crippen LogP contribution in [-0.4, -0.2) is 35.6 Å². The number of terminal acetylenes is 1. The monoisotopic (exact) mass is 485 g/mol. The van der Waals surface area contributed by atoms with Crippen LogP contribution in [0.4, 0.5) is 18.0 Å². The Labute approximate surface area is 180 Å². The fourth-order valence-corrected chi connectivity index (χ4v) is 4.55. The topological polar surface area (TPSA) is 44.7 Å². The van der Waals surface area contributed by atoms with Crippen LogP contribution >= 0.6 is 27.7 Å². The Bertz CT molecular complexity index is 884. The number of halogens is 4. The molecule has 9 heteroatoms. The summed E-state index contributed by atoms with van der Waals surface area (Å²) in [5.41, 5.74) is -0.320. The van der Waals surface area contributed by atoms with E-state index >= 15 is 0 Å². The predicted octanol–water partition coefficient (Wildman–Crippen LogP) is 5.05. The third kappa shape index (κ3) is 5.87. The summed E-state index contributed by atoms with van der Waals surface area (Å²) in [6.07, 6.45) is 4.47. The molecule has 2 heterocycles. The van der Waals surface area contributed by atoms with E-state index in [0.717, 1.165) is 35.6 Å². The molecule has 154 valence electrons. The van der Waals surface area contributed by atoms with Crippen molar-refractivity contribution in [2.45, 2.75) is 25.6 Å². The smallest absolute Gasteiger partial charge is 0.300 e. The van der Waals surface area contributed by atoms with E-state index in [0.29, 0.717) is 23.4 Å². The van der Waals surface area contributed by atoms with Gasteiger partial charge in [0.05, 0.1) is 10.5 Å². The van der Waals surface area contributed by atoms with Gasteiger partial charge in [-0.15, -0.1) is 6.42 Å². The molecule has 4 nitrogen and oxygen atoms in total. The number of nitrogens with zero attached hydrogens (tertiary/aromatic N) is 2. The number of thioether (sulfide) groups is 1. The van der Waals surface area contributed by atoms with E-state index in [1.165, 1.54) is 6.07 Å². The molecule has 2 aliphatic rings. The number of amides is 1. The van der Waals surface area contributed by atoms with Gasteiger partial charge in [0.25, 0.3) is 5.24 Å². The number of likely N-dealkylation sites (tertiary alicyclic amines) is 1. The summed E-state index contributed by atoms with van der Waals surface area (Å²) in [7, 11) is 0. The second-order valence-electron chi connectivity index (χ2n) is 6.83. The van der Waals surface area contributed by atoms with Crippen molar-refractivity contribution in [2.75, 3.05) is 19.6 Å². The Morgan fingerprint density at radius 3 is 2.76 bits per heavy atom. The number of amidine groups is 1. The lowest BCUT2D eigenvalue weighted by Crippen LogP contribution is -2.33. The van der Waals surface area contributed by atoms with E-state index in [-0.39, 0.29) is 29.8 Å². The highest BCUT2D eigenvalue weighted by molar-refractivity contribution is 9.10. The summed E-state index contributed by atoms with van der Waals surface area (Å²) in [5, 5.41) is 2.50. The molecule has 1 aromatic carbocycles. The molecule has 3 rings (SSSR count). The van der Waals surface area contributed by atoms with Crippen LogP contribution in [0.15, 0.2) is 38.6 Å². The maximum Gasteiger partial charge on any atom is 0.416 e. The van der Waals surface area contributed by atoms with Crippen molar-refractivity contribution in [3.8, 4) is 12.3 Å². The Kier molecular flexibility index (Phi) is 7.09. The molecule has 0 aromatic heterocycles. The summed E-state index contributed by atoms with van der Waals surface area (Å²) < 4.78 is 40.4. The van der Waals surface area contributed by atoms with Gasteiger partial charge in [0.1, 0.15) is 12.4 Å². The van der Waals surface area contributed by atoms with Crippen LogP contribution in [0.25, 0.3) is 0 Å². The molecule has 1 N–H and O–H groups in total. The van der Waals surface area contributed by atoms with Gasteiger partial charge in [-0.25, -0.2) is 0 Å². The zero-order valence-electron chi connectivity index (χ0n) is 15.4. The Balaban J connectivity index is 1.63. The fraction of sp³-hybridized carbons (Fsp3) is 0.400. The summed E-state index contributed by atoms with van der Waals surface area (Å²) in [6, 6.07) is 4.30. The zero-order valence-corrected chi connectivity index (χ0v) is 17.8. The lowest BCUT2D eigenvalue weighted by atomic mass is 9.95. The Morgan fingerprint density at radius 1 is 1.38 bits per heavy atom. The van der Waals surface area contributed by atoms with Gasteiger partial charge in [0.2, 0.25) is 0 Å². The number of carbonyl (C=O) groups is 1. The molecule has 0 atom stereocenters. The number of benzene rings is 1. The van der Waals surface area contributed by atoms with Gasteiger partial charge >= 0.3 is 6.18 Å². The van der Waals surface area contributed by atoms with E-state index < -0.39 is 11.7 Å². The van der Waals surface area contributed by atoms with Crippen LogP contribution in [-0.2, 0) is 12.7 Å². The molecule has 1 aromatic rings. The highest BCUT2D eigenvalue weighted by atomic mass is 79.9. The van der Waals surface area contributed by atoms with Crippen molar-refractivity contribution in [3.05, 3.63) is 44.8 Å². The van der Waals surface area contributed by atoms with Crippen molar-refractivity contribution in [1.82, 2.24) is 10.2 Å². The molecule has 0 radical (unpaired) electrons. The third-order valence-corrected chi connectivity index (χ3v) is 6.11. The first-order chi connectivity index (χ1) is 13.8. The van der Waals surface area contributed by atoms with Crippen LogP contribution in [0.3, 0.4) is 0 Å². The number of hydrogen-bond acceptors (Lipinski definition) is 4. The molecule has 2 aliphatic heterocycles. The molecular weight excluding hydrogens is 467 g/mol. The molecule has 0 aliphatic carbocycles. The highest BCUT2D eigenvalue weighted by Gasteiger charge is 2.34. The van der Waals surface area contributed by atoms with Crippen LogP contribution in [0, 0.1) is 18.3 Å². The molecule has 2 saturated heterocycles. The first-order valence-corrected chi connectivity index (χ1v) is 10.6.